The third kappa shape index (κ3) is 5.57. The molecule has 1 amide bonds. The van der Waals surface area contributed by atoms with E-state index in [2.05, 4.69) is 33.2 Å². The van der Waals surface area contributed by atoms with E-state index in [4.69, 9.17) is 4.74 Å². The van der Waals surface area contributed by atoms with Crippen LogP contribution in [-0.2, 0) is 4.74 Å². The Kier molecular flexibility index (Phi) is 5.92. The highest BCUT2D eigenvalue weighted by atomic mass is 79.9. The molecule has 106 valence electrons. The molecule has 1 fully saturated rings. The fraction of sp³-hybridized carbons (Fsp3) is 0.923. The van der Waals surface area contributed by atoms with Gasteiger partial charge in [0.15, 0.2) is 0 Å². The number of carbonyl (C=O) groups is 1. The van der Waals surface area contributed by atoms with E-state index in [0.29, 0.717) is 6.04 Å². The molecule has 1 N–H and O–H groups in total. The molecule has 0 saturated carbocycles. The molecule has 2 unspecified atom stereocenters. The molecule has 5 heteroatoms. The minimum Gasteiger partial charge on any atom is -0.444 e. The van der Waals surface area contributed by atoms with Crippen molar-refractivity contribution in [3.8, 4) is 0 Å². The van der Waals surface area contributed by atoms with E-state index in [1.54, 1.807) is 0 Å². The third-order valence-electron chi connectivity index (χ3n) is 3.14. The SMILES string of the molecule is CN1CC(NC(=O)OC(C)(C)C)CCC1CCBr. The van der Waals surface area contributed by atoms with Crippen LogP contribution in [0.25, 0.3) is 0 Å². The third-order valence-corrected chi connectivity index (χ3v) is 3.60. The summed E-state index contributed by atoms with van der Waals surface area (Å²) in [4.78, 5) is 14.0. The number of amides is 1. The Labute approximate surface area is 119 Å². The number of hydrogen-bond donors (Lipinski definition) is 1. The van der Waals surface area contributed by atoms with Crippen molar-refractivity contribution in [3.05, 3.63) is 0 Å². The van der Waals surface area contributed by atoms with E-state index in [0.717, 1.165) is 31.1 Å². The van der Waals surface area contributed by atoms with Crippen LogP contribution in [0, 0.1) is 0 Å². The van der Waals surface area contributed by atoms with Gasteiger partial charge in [-0.1, -0.05) is 15.9 Å². The van der Waals surface area contributed by atoms with Crippen molar-refractivity contribution in [2.75, 3.05) is 18.9 Å². The smallest absolute Gasteiger partial charge is 0.407 e. The van der Waals surface area contributed by atoms with Crippen LogP contribution in [-0.4, -0.2) is 47.6 Å². The fourth-order valence-electron chi connectivity index (χ4n) is 2.28. The molecule has 1 rings (SSSR count). The predicted octanol–water partition coefficient (Wildman–Crippen LogP) is 2.76. The lowest BCUT2D eigenvalue weighted by molar-refractivity contribution is 0.0458. The van der Waals surface area contributed by atoms with Gasteiger partial charge in [-0.05, 0) is 47.1 Å². The van der Waals surface area contributed by atoms with Gasteiger partial charge in [0.05, 0.1) is 0 Å². The van der Waals surface area contributed by atoms with Gasteiger partial charge in [0, 0.05) is 24.0 Å². The van der Waals surface area contributed by atoms with E-state index in [1.165, 1.54) is 0 Å². The molecule has 18 heavy (non-hydrogen) atoms. The standard InChI is InChI=1S/C13H25BrN2O2/c1-13(2,3)18-12(17)15-10-5-6-11(7-8-14)16(4)9-10/h10-11H,5-9H2,1-4H3,(H,15,17). The summed E-state index contributed by atoms with van der Waals surface area (Å²) in [6.45, 7) is 6.54. The van der Waals surface area contributed by atoms with Crippen molar-refractivity contribution in [2.24, 2.45) is 0 Å². The van der Waals surface area contributed by atoms with Crippen molar-refractivity contribution >= 4 is 22.0 Å². The van der Waals surface area contributed by atoms with Crippen molar-refractivity contribution in [1.29, 1.82) is 0 Å². The summed E-state index contributed by atoms with van der Waals surface area (Å²) in [5, 5.41) is 3.99. The average Bonchev–Trinajstić information content (AvgIpc) is 2.19. The minimum atomic E-state index is -0.427. The van der Waals surface area contributed by atoms with Crippen LogP contribution in [0.2, 0.25) is 0 Å². The minimum absolute atomic E-state index is 0.205. The van der Waals surface area contributed by atoms with Gasteiger partial charge in [0.2, 0.25) is 0 Å². The highest BCUT2D eigenvalue weighted by Gasteiger charge is 2.27. The number of carbonyl (C=O) groups excluding carboxylic acids is 1. The lowest BCUT2D eigenvalue weighted by Gasteiger charge is -2.37. The van der Waals surface area contributed by atoms with E-state index in [1.807, 2.05) is 20.8 Å². The van der Waals surface area contributed by atoms with Crippen LogP contribution in [0.1, 0.15) is 40.0 Å². The zero-order valence-corrected chi connectivity index (χ0v) is 13.4. The Morgan fingerprint density at radius 2 is 2.11 bits per heavy atom. The molecule has 1 aliphatic rings. The number of alkyl carbamates (subject to hydrolysis) is 1. The van der Waals surface area contributed by atoms with Gasteiger partial charge < -0.3 is 15.0 Å². The molecule has 1 heterocycles. The summed E-state index contributed by atoms with van der Waals surface area (Å²) < 4.78 is 5.27. The lowest BCUT2D eigenvalue weighted by atomic mass is 9.97. The lowest BCUT2D eigenvalue weighted by Crippen LogP contribution is -2.51. The summed E-state index contributed by atoms with van der Waals surface area (Å²) in [5.74, 6) is 0. The average molecular weight is 321 g/mol. The highest BCUT2D eigenvalue weighted by molar-refractivity contribution is 9.09. The second-order valence-electron chi connectivity index (χ2n) is 5.99. The molecule has 0 bridgehead atoms. The first-order valence-corrected chi connectivity index (χ1v) is 7.69. The second kappa shape index (κ2) is 6.75. The van der Waals surface area contributed by atoms with Gasteiger partial charge in [-0.25, -0.2) is 4.79 Å². The van der Waals surface area contributed by atoms with Gasteiger partial charge in [-0.3, -0.25) is 0 Å². The molecule has 1 saturated heterocycles. The summed E-state index contributed by atoms with van der Waals surface area (Å²) >= 11 is 3.48. The first-order valence-electron chi connectivity index (χ1n) is 6.57. The predicted molar refractivity (Wildman–Crippen MR) is 77.2 cm³/mol. The van der Waals surface area contributed by atoms with Gasteiger partial charge >= 0.3 is 6.09 Å². The molecular formula is C13H25BrN2O2. The Morgan fingerprint density at radius 3 is 2.61 bits per heavy atom. The fourth-order valence-corrected chi connectivity index (χ4v) is 2.81. The number of likely N-dealkylation sites (N-methyl/N-ethyl adjacent to an activating group) is 1. The summed E-state index contributed by atoms with van der Waals surface area (Å²) in [6, 6.07) is 0.831. The Morgan fingerprint density at radius 1 is 1.44 bits per heavy atom. The Hall–Kier alpha value is -0.290. The van der Waals surface area contributed by atoms with Crippen LogP contribution in [0.3, 0.4) is 0 Å². The van der Waals surface area contributed by atoms with Crippen LogP contribution in [0.5, 0.6) is 0 Å². The number of hydrogen-bond acceptors (Lipinski definition) is 3. The summed E-state index contributed by atoms with van der Waals surface area (Å²) in [6.07, 6.45) is 3.01. The molecule has 0 radical (unpaired) electrons. The maximum Gasteiger partial charge on any atom is 0.407 e. The largest absolute Gasteiger partial charge is 0.444 e. The van der Waals surface area contributed by atoms with Crippen molar-refractivity contribution in [2.45, 2.75) is 57.7 Å². The molecular weight excluding hydrogens is 296 g/mol. The topological polar surface area (TPSA) is 41.6 Å². The van der Waals surface area contributed by atoms with Crippen LogP contribution >= 0.6 is 15.9 Å². The molecule has 0 aliphatic carbocycles. The number of nitrogens with zero attached hydrogens (tertiary/aromatic N) is 1. The number of likely N-dealkylation sites (tertiary alicyclic amines) is 1. The number of piperidine rings is 1. The van der Waals surface area contributed by atoms with Gasteiger partial charge in [0.25, 0.3) is 0 Å². The Bertz CT molecular complexity index is 279. The number of alkyl halides is 1. The van der Waals surface area contributed by atoms with Crippen molar-refractivity contribution < 1.29 is 9.53 Å². The van der Waals surface area contributed by atoms with Crippen molar-refractivity contribution in [3.63, 3.8) is 0 Å². The number of ether oxygens (including phenoxy) is 1. The van der Waals surface area contributed by atoms with Crippen LogP contribution in [0.4, 0.5) is 4.79 Å². The van der Waals surface area contributed by atoms with Crippen molar-refractivity contribution in [1.82, 2.24) is 10.2 Å². The Balaban J connectivity index is 2.35. The maximum atomic E-state index is 11.7. The molecule has 0 aromatic rings. The van der Waals surface area contributed by atoms with E-state index >= 15 is 0 Å². The summed E-state index contributed by atoms with van der Waals surface area (Å²) in [5.41, 5.74) is -0.427. The molecule has 0 aromatic carbocycles. The maximum absolute atomic E-state index is 11.7. The zero-order chi connectivity index (χ0) is 13.8. The van der Waals surface area contributed by atoms with Gasteiger partial charge in [-0.15, -0.1) is 0 Å². The number of rotatable bonds is 3. The molecule has 4 nitrogen and oxygen atoms in total. The first kappa shape index (κ1) is 15.8. The van der Waals surface area contributed by atoms with Crippen LogP contribution < -0.4 is 5.32 Å². The number of nitrogens with one attached hydrogen (secondary N) is 1. The van der Waals surface area contributed by atoms with Gasteiger partial charge in [-0.2, -0.15) is 0 Å². The normalized spacial score (nSPS) is 25.8. The number of halogens is 1. The molecule has 1 aliphatic heterocycles. The van der Waals surface area contributed by atoms with E-state index in [9.17, 15) is 4.79 Å². The summed E-state index contributed by atoms with van der Waals surface area (Å²) in [7, 11) is 2.12. The second-order valence-corrected chi connectivity index (χ2v) is 6.78. The molecule has 0 aromatic heterocycles. The van der Waals surface area contributed by atoms with E-state index in [-0.39, 0.29) is 12.1 Å². The molecule has 0 spiro atoms. The highest BCUT2D eigenvalue weighted by Crippen LogP contribution is 2.19. The first-order chi connectivity index (χ1) is 8.31. The van der Waals surface area contributed by atoms with Gasteiger partial charge in [0.1, 0.15) is 5.60 Å². The zero-order valence-electron chi connectivity index (χ0n) is 11.8. The van der Waals surface area contributed by atoms with E-state index < -0.39 is 5.60 Å². The molecule has 2 atom stereocenters. The quantitative estimate of drug-likeness (QED) is 0.813. The van der Waals surface area contributed by atoms with Crippen LogP contribution in [0.15, 0.2) is 0 Å². The monoisotopic (exact) mass is 320 g/mol.